The zero-order valence-electron chi connectivity index (χ0n) is 18.6. The zero-order valence-corrected chi connectivity index (χ0v) is 21.9. The molecule has 1 N–H and O–H groups in total. The van der Waals surface area contributed by atoms with Gasteiger partial charge in [0.15, 0.2) is 7.29 Å². The summed E-state index contributed by atoms with van der Waals surface area (Å²) in [5, 5.41) is 6.25. The third-order valence-electron chi connectivity index (χ3n) is 5.60. The minimum Gasteiger partial charge on any atom is -0.379 e. The summed E-state index contributed by atoms with van der Waals surface area (Å²) in [5.74, 6) is 3.22. The first-order valence-electron chi connectivity index (χ1n) is 11.1. The van der Waals surface area contributed by atoms with Crippen LogP contribution in [0.4, 0.5) is 0 Å². The molecule has 0 bridgehead atoms. The Balaban J connectivity index is 1.65. The summed E-state index contributed by atoms with van der Waals surface area (Å²) >= 11 is 15.0. The van der Waals surface area contributed by atoms with Crippen LogP contribution < -0.4 is 5.09 Å². The van der Waals surface area contributed by atoms with Gasteiger partial charge in [0.25, 0.3) is 0 Å². The maximum atomic E-state index is 14.3. The van der Waals surface area contributed by atoms with E-state index in [9.17, 15) is 4.57 Å². The first-order valence-corrected chi connectivity index (χ1v) is 14.6. The van der Waals surface area contributed by atoms with E-state index in [-0.39, 0.29) is 6.04 Å². The van der Waals surface area contributed by atoms with Gasteiger partial charge in [-0.15, -0.1) is 11.3 Å². The van der Waals surface area contributed by atoms with Crippen LogP contribution in [0.1, 0.15) is 22.0 Å². The van der Waals surface area contributed by atoms with Crippen LogP contribution in [-0.4, -0.2) is 37.7 Å². The van der Waals surface area contributed by atoms with Crippen molar-refractivity contribution in [3.63, 3.8) is 0 Å². The van der Waals surface area contributed by atoms with Crippen LogP contribution in [0.2, 0.25) is 0 Å². The molecule has 34 heavy (non-hydrogen) atoms. The Bertz CT molecular complexity index is 1090. The van der Waals surface area contributed by atoms with E-state index in [0.717, 1.165) is 24.2 Å². The van der Waals surface area contributed by atoms with Gasteiger partial charge in [0, 0.05) is 36.1 Å². The number of hydrogen-bond acceptors (Lipinski definition) is 4. The van der Waals surface area contributed by atoms with Crippen molar-refractivity contribution >= 4 is 51.9 Å². The molecular weight excluding hydrogens is 506 g/mol. The normalized spacial score (nSPS) is 17.0. The standard InChI is InChI=1S/C26H27Cl2N2O2PS/c27-23(21-8-3-1-4-9-21)19-33(31,20-24(28)22-10-5-2-6-11-22)29-18-25(26-12-7-17-34-26)30-13-15-32-16-14-30/h1-12,17,19-20,25H,13-16,18H2,(H,29,31)/b23-19-,24-20-/t25-/m0/s1. The molecule has 4 nitrogen and oxygen atoms in total. The maximum Gasteiger partial charge on any atom is 0.193 e. The number of ether oxygens (including phenoxy) is 1. The molecule has 1 saturated heterocycles. The van der Waals surface area contributed by atoms with Crippen LogP contribution in [0, 0.1) is 0 Å². The van der Waals surface area contributed by atoms with Crippen molar-refractivity contribution in [2.24, 2.45) is 0 Å². The predicted octanol–water partition coefficient (Wildman–Crippen LogP) is 7.46. The van der Waals surface area contributed by atoms with Crippen molar-refractivity contribution in [2.45, 2.75) is 6.04 Å². The van der Waals surface area contributed by atoms with E-state index in [1.54, 1.807) is 23.0 Å². The third-order valence-corrected chi connectivity index (χ3v) is 9.49. The molecular formula is C26H27Cl2N2O2PS. The number of nitrogens with zero attached hydrogens (tertiary/aromatic N) is 1. The molecule has 1 aliphatic rings. The van der Waals surface area contributed by atoms with E-state index in [4.69, 9.17) is 27.9 Å². The third kappa shape index (κ3) is 6.93. The lowest BCUT2D eigenvalue weighted by atomic mass is 10.2. The number of thiophene rings is 1. The Morgan fingerprint density at radius 3 is 2.00 bits per heavy atom. The summed E-state index contributed by atoms with van der Waals surface area (Å²) < 4.78 is 19.8. The molecule has 3 aromatic rings. The molecule has 0 unspecified atom stereocenters. The van der Waals surface area contributed by atoms with Crippen LogP contribution in [0.15, 0.2) is 89.8 Å². The van der Waals surface area contributed by atoms with Gasteiger partial charge in [-0.25, -0.2) is 0 Å². The number of halogens is 2. The number of morpholine rings is 1. The quantitative estimate of drug-likeness (QED) is 0.290. The molecule has 4 rings (SSSR count). The van der Waals surface area contributed by atoms with Gasteiger partial charge in [-0.05, 0) is 22.6 Å². The summed E-state index contributed by atoms with van der Waals surface area (Å²) in [5.41, 5.74) is 1.61. The average molecular weight is 533 g/mol. The highest BCUT2D eigenvalue weighted by molar-refractivity contribution is 7.68. The lowest BCUT2D eigenvalue weighted by Crippen LogP contribution is -2.42. The van der Waals surface area contributed by atoms with Gasteiger partial charge in [0.05, 0.1) is 29.3 Å². The Labute approximate surface area is 215 Å². The zero-order chi connectivity index (χ0) is 23.8. The summed E-state index contributed by atoms with van der Waals surface area (Å²) in [7, 11) is -3.26. The van der Waals surface area contributed by atoms with E-state index in [1.165, 1.54) is 4.88 Å². The molecule has 1 aromatic heterocycles. The highest BCUT2D eigenvalue weighted by atomic mass is 35.5. The molecule has 0 aliphatic carbocycles. The van der Waals surface area contributed by atoms with E-state index >= 15 is 0 Å². The monoisotopic (exact) mass is 532 g/mol. The number of nitrogens with one attached hydrogen (secondary N) is 1. The summed E-state index contributed by atoms with van der Waals surface area (Å²) in [6.07, 6.45) is 0. The first-order chi connectivity index (χ1) is 16.5. The molecule has 178 valence electrons. The van der Waals surface area contributed by atoms with E-state index in [1.807, 2.05) is 66.7 Å². The molecule has 0 saturated carbocycles. The van der Waals surface area contributed by atoms with Crippen LogP contribution in [0.5, 0.6) is 0 Å². The summed E-state index contributed by atoms with van der Waals surface area (Å²) in [4.78, 5) is 3.59. The van der Waals surface area contributed by atoms with Gasteiger partial charge < -0.3 is 4.74 Å². The minimum absolute atomic E-state index is 0.0741. The molecule has 1 aliphatic heterocycles. The van der Waals surface area contributed by atoms with Gasteiger partial charge >= 0.3 is 0 Å². The molecule has 2 heterocycles. The number of hydrogen-bond donors (Lipinski definition) is 1. The highest BCUT2D eigenvalue weighted by Gasteiger charge is 2.27. The largest absolute Gasteiger partial charge is 0.379 e. The van der Waals surface area contributed by atoms with Crippen molar-refractivity contribution < 1.29 is 9.30 Å². The van der Waals surface area contributed by atoms with Crippen molar-refractivity contribution in [1.82, 2.24) is 9.99 Å². The van der Waals surface area contributed by atoms with Gasteiger partial charge in [0.1, 0.15) is 0 Å². The lowest BCUT2D eigenvalue weighted by Gasteiger charge is -2.34. The molecule has 0 radical (unpaired) electrons. The fourth-order valence-electron chi connectivity index (χ4n) is 3.82. The van der Waals surface area contributed by atoms with Gasteiger partial charge in [-0.1, -0.05) is 89.9 Å². The van der Waals surface area contributed by atoms with Crippen LogP contribution in [-0.2, 0) is 9.30 Å². The minimum atomic E-state index is -3.26. The topological polar surface area (TPSA) is 41.6 Å². The van der Waals surface area contributed by atoms with Crippen molar-refractivity contribution in [3.8, 4) is 0 Å². The van der Waals surface area contributed by atoms with Gasteiger partial charge in [0.2, 0.25) is 0 Å². The van der Waals surface area contributed by atoms with Crippen LogP contribution in [0.3, 0.4) is 0 Å². The maximum absolute atomic E-state index is 14.3. The van der Waals surface area contributed by atoms with Gasteiger partial charge in [-0.3, -0.25) is 14.6 Å². The van der Waals surface area contributed by atoms with Crippen molar-refractivity contribution in [2.75, 3.05) is 32.8 Å². The molecule has 1 atom stereocenters. The van der Waals surface area contributed by atoms with Crippen LogP contribution in [0.25, 0.3) is 10.1 Å². The smallest absolute Gasteiger partial charge is 0.193 e. The van der Waals surface area contributed by atoms with E-state index in [2.05, 4.69) is 21.4 Å². The second-order valence-corrected chi connectivity index (χ2v) is 12.0. The first kappa shape index (κ1) is 25.4. The van der Waals surface area contributed by atoms with Crippen LogP contribution >= 0.6 is 41.8 Å². The second-order valence-electron chi connectivity index (χ2n) is 7.94. The molecule has 1 fully saturated rings. The van der Waals surface area contributed by atoms with E-state index in [0.29, 0.717) is 29.8 Å². The second kappa shape index (κ2) is 12.3. The molecule has 8 heteroatoms. The SMILES string of the molecule is O=P(/C=C(\Cl)c1ccccc1)(/C=C(\Cl)c1ccccc1)NC[C@@H](c1cccs1)N1CCOCC1. The lowest BCUT2D eigenvalue weighted by molar-refractivity contribution is 0.0179. The molecule has 2 aromatic carbocycles. The summed E-state index contributed by atoms with van der Waals surface area (Å²) in [6, 6.07) is 23.3. The Hall–Kier alpha value is -1.69. The number of rotatable bonds is 9. The number of benzene rings is 2. The Morgan fingerprint density at radius 1 is 0.941 bits per heavy atom. The molecule has 0 amide bonds. The van der Waals surface area contributed by atoms with E-state index < -0.39 is 7.29 Å². The average Bonchev–Trinajstić information content (AvgIpc) is 3.40. The Kier molecular flexibility index (Phi) is 9.21. The Morgan fingerprint density at radius 2 is 1.50 bits per heavy atom. The fourth-order valence-corrected chi connectivity index (χ4v) is 7.49. The summed E-state index contributed by atoms with van der Waals surface area (Å²) in [6.45, 7) is 3.53. The highest BCUT2D eigenvalue weighted by Crippen LogP contribution is 2.50. The predicted molar refractivity (Wildman–Crippen MR) is 146 cm³/mol. The van der Waals surface area contributed by atoms with Crippen molar-refractivity contribution in [3.05, 3.63) is 106 Å². The van der Waals surface area contributed by atoms with Crippen molar-refractivity contribution in [1.29, 1.82) is 0 Å². The fraction of sp³-hybridized carbons (Fsp3) is 0.231. The van der Waals surface area contributed by atoms with Gasteiger partial charge in [-0.2, -0.15) is 0 Å². The molecule has 0 spiro atoms.